The third-order valence-corrected chi connectivity index (χ3v) is 4.00. The van der Waals surface area contributed by atoms with Crippen LogP contribution in [0.4, 0.5) is 0 Å². The lowest BCUT2D eigenvalue weighted by Gasteiger charge is -2.14. The van der Waals surface area contributed by atoms with Gasteiger partial charge in [-0.2, -0.15) is 5.10 Å². The number of ether oxygens (including phenoxy) is 1. The largest absolute Gasteiger partial charge is 0.383 e. The van der Waals surface area contributed by atoms with E-state index in [1.807, 2.05) is 6.92 Å². The van der Waals surface area contributed by atoms with Gasteiger partial charge < -0.3 is 10.1 Å². The first-order valence-electron chi connectivity index (χ1n) is 6.51. The summed E-state index contributed by atoms with van der Waals surface area (Å²) < 4.78 is 8.27. The van der Waals surface area contributed by atoms with Gasteiger partial charge in [-0.15, -0.1) is 0 Å². The van der Waals surface area contributed by atoms with Crippen molar-refractivity contribution in [3.63, 3.8) is 0 Å². The topological polar surface area (TPSA) is 39.1 Å². The van der Waals surface area contributed by atoms with Gasteiger partial charge in [-0.3, -0.25) is 4.68 Å². The fourth-order valence-corrected chi connectivity index (χ4v) is 2.43. The third kappa shape index (κ3) is 4.37. The second-order valence-corrected chi connectivity index (χ2v) is 5.46. The molecule has 0 spiro atoms. The summed E-state index contributed by atoms with van der Waals surface area (Å²) in [7, 11) is 1.73. The molecule has 1 N–H and O–H groups in total. The van der Waals surface area contributed by atoms with Gasteiger partial charge in [0.25, 0.3) is 0 Å². The zero-order valence-electron chi connectivity index (χ0n) is 11.8. The van der Waals surface area contributed by atoms with Crippen LogP contribution in [-0.2, 0) is 17.7 Å². The first-order valence-corrected chi connectivity index (χ1v) is 7.30. The van der Waals surface area contributed by atoms with Gasteiger partial charge in [0.05, 0.1) is 22.5 Å². The molecule has 0 fully saturated rings. The molecule has 1 heterocycles. The second kappa shape index (κ2) is 7.92. The van der Waals surface area contributed by atoms with Crippen LogP contribution in [0, 0.1) is 12.8 Å². The molecule has 1 aromatic rings. The van der Waals surface area contributed by atoms with Gasteiger partial charge in [0, 0.05) is 20.2 Å². The summed E-state index contributed by atoms with van der Waals surface area (Å²) in [4.78, 5) is 0. The molecule has 0 saturated carbocycles. The first kappa shape index (κ1) is 15.7. The fraction of sp³-hybridized carbons (Fsp3) is 0.769. The summed E-state index contributed by atoms with van der Waals surface area (Å²) in [6, 6.07) is 0. The van der Waals surface area contributed by atoms with E-state index in [4.69, 9.17) is 4.74 Å². The van der Waals surface area contributed by atoms with Gasteiger partial charge in [-0.05, 0) is 48.7 Å². The van der Waals surface area contributed by atoms with Gasteiger partial charge in [0.2, 0.25) is 0 Å². The van der Waals surface area contributed by atoms with Crippen molar-refractivity contribution in [1.82, 2.24) is 15.1 Å². The maximum Gasteiger partial charge on any atom is 0.0738 e. The summed E-state index contributed by atoms with van der Waals surface area (Å²) in [6.45, 7) is 10.0. The molecule has 0 saturated heterocycles. The highest BCUT2D eigenvalue weighted by atomic mass is 79.9. The molecule has 4 nitrogen and oxygen atoms in total. The normalized spacial score (nSPS) is 12.9. The number of rotatable bonds is 8. The minimum absolute atomic E-state index is 0.583. The Kier molecular flexibility index (Phi) is 6.89. The Bertz CT molecular complexity index is 365. The molecule has 104 valence electrons. The van der Waals surface area contributed by atoms with Crippen molar-refractivity contribution in [2.75, 3.05) is 26.8 Å². The number of aryl methyl sites for hydroxylation is 2. The molecule has 1 atom stereocenters. The van der Waals surface area contributed by atoms with Gasteiger partial charge in [-0.1, -0.05) is 6.92 Å². The van der Waals surface area contributed by atoms with E-state index in [0.717, 1.165) is 42.8 Å². The SMILES string of the molecule is CCn1nc(C)c(Br)c1CC(C)CNCCOC. The minimum atomic E-state index is 0.583. The van der Waals surface area contributed by atoms with E-state index in [9.17, 15) is 0 Å². The van der Waals surface area contributed by atoms with Crippen LogP contribution in [-0.4, -0.2) is 36.6 Å². The van der Waals surface area contributed by atoms with Crippen LogP contribution in [0.1, 0.15) is 25.2 Å². The van der Waals surface area contributed by atoms with Crippen LogP contribution in [0.3, 0.4) is 0 Å². The molecular weight excluding hydrogens is 294 g/mol. The van der Waals surface area contributed by atoms with Crippen LogP contribution in [0.25, 0.3) is 0 Å². The zero-order chi connectivity index (χ0) is 13.5. The monoisotopic (exact) mass is 317 g/mol. The highest BCUT2D eigenvalue weighted by Gasteiger charge is 2.14. The van der Waals surface area contributed by atoms with Crippen molar-refractivity contribution >= 4 is 15.9 Å². The number of aromatic nitrogens is 2. The summed E-state index contributed by atoms with van der Waals surface area (Å²) in [6.07, 6.45) is 1.04. The van der Waals surface area contributed by atoms with Crippen molar-refractivity contribution in [2.45, 2.75) is 33.7 Å². The van der Waals surface area contributed by atoms with Gasteiger partial charge >= 0.3 is 0 Å². The highest BCUT2D eigenvalue weighted by molar-refractivity contribution is 9.10. The average Bonchev–Trinajstić information content (AvgIpc) is 2.62. The Hall–Kier alpha value is -0.390. The van der Waals surface area contributed by atoms with Crippen molar-refractivity contribution < 1.29 is 4.74 Å². The maximum absolute atomic E-state index is 5.02. The third-order valence-electron chi connectivity index (χ3n) is 2.97. The van der Waals surface area contributed by atoms with E-state index >= 15 is 0 Å². The lowest BCUT2D eigenvalue weighted by Crippen LogP contribution is -2.26. The van der Waals surface area contributed by atoms with Crippen LogP contribution in [0.2, 0.25) is 0 Å². The molecule has 18 heavy (non-hydrogen) atoms. The van der Waals surface area contributed by atoms with Gasteiger partial charge in [0.1, 0.15) is 0 Å². The van der Waals surface area contributed by atoms with Crippen molar-refractivity contribution in [3.05, 3.63) is 15.9 Å². The fourth-order valence-electron chi connectivity index (χ4n) is 1.99. The van der Waals surface area contributed by atoms with E-state index in [2.05, 4.69) is 44.9 Å². The van der Waals surface area contributed by atoms with E-state index in [1.165, 1.54) is 5.69 Å². The van der Waals surface area contributed by atoms with Crippen LogP contribution >= 0.6 is 15.9 Å². The lowest BCUT2D eigenvalue weighted by atomic mass is 10.1. The predicted molar refractivity (Wildman–Crippen MR) is 78.0 cm³/mol. The predicted octanol–water partition coefficient (Wildman–Crippen LogP) is 2.39. The Labute approximate surface area is 118 Å². The quantitative estimate of drug-likeness (QED) is 0.748. The summed E-state index contributed by atoms with van der Waals surface area (Å²) >= 11 is 3.64. The lowest BCUT2D eigenvalue weighted by molar-refractivity contribution is 0.198. The minimum Gasteiger partial charge on any atom is -0.383 e. The molecule has 1 aromatic heterocycles. The first-order chi connectivity index (χ1) is 8.60. The Morgan fingerprint density at radius 3 is 2.83 bits per heavy atom. The van der Waals surface area contributed by atoms with Crippen molar-refractivity contribution in [2.24, 2.45) is 5.92 Å². The molecule has 5 heteroatoms. The van der Waals surface area contributed by atoms with Crippen LogP contribution in [0.15, 0.2) is 4.47 Å². The number of hydrogen-bond acceptors (Lipinski definition) is 3. The van der Waals surface area contributed by atoms with E-state index in [0.29, 0.717) is 5.92 Å². The maximum atomic E-state index is 5.02. The molecule has 0 aliphatic heterocycles. The standard InChI is InChI=1S/C13H24BrN3O/c1-5-17-12(13(14)11(3)16-17)8-10(2)9-15-6-7-18-4/h10,15H,5-9H2,1-4H3. The van der Waals surface area contributed by atoms with Gasteiger partial charge in [-0.25, -0.2) is 0 Å². The molecule has 1 unspecified atom stereocenters. The molecule has 0 aromatic carbocycles. The number of hydrogen-bond donors (Lipinski definition) is 1. The van der Waals surface area contributed by atoms with E-state index in [-0.39, 0.29) is 0 Å². The summed E-state index contributed by atoms with van der Waals surface area (Å²) in [5.74, 6) is 0.583. The Balaban J connectivity index is 2.50. The van der Waals surface area contributed by atoms with Crippen LogP contribution in [0.5, 0.6) is 0 Å². The number of nitrogens with zero attached hydrogens (tertiary/aromatic N) is 2. The van der Waals surface area contributed by atoms with Gasteiger partial charge in [0.15, 0.2) is 0 Å². The molecule has 0 radical (unpaired) electrons. The molecule has 0 aliphatic rings. The second-order valence-electron chi connectivity index (χ2n) is 4.67. The van der Waals surface area contributed by atoms with Crippen molar-refractivity contribution in [1.29, 1.82) is 0 Å². The number of methoxy groups -OCH3 is 1. The molecule has 1 rings (SSSR count). The van der Waals surface area contributed by atoms with E-state index < -0.39 is 0 Å². The summed E-state index contributed by atoms with van der Waals surface area (Å²) in [5.41, 5.74) is 2.38. The molecular formula is C13H24BrN3O. The number of halogens is 1. The molecule has 0 amide bonds. The molecule has 0 bridgehead atoms. The smallest absolute Gasteiger partial charge is 0.0738 e. The summed E-state index contributed by atoms with van der Waals surface area (Å²) in [5, 5.41) is 7.92. The Morgan fingerprint density at radius 1 is 1.50 bits per heavy atom. The van der Waals surface area contributed by atoms with Crippen LogP contribution < -0.4 is 5.32 Å². The van der Waals surface area contributed by atoms with Crippen molar-refractivity contribution in [3.8, 4) is 0 Å². The molecule has 0 aliphatic carbocycles. The number of nitrogens with one attached hydrogen (secondary N) is 1. The average molecular weight is 318 g/mol. The zero-order valence-corrected chi connectivity index (χ0v) is 13.4. The van der Waals surface area contributed by atoms with E-state index in [1.54, 1.807) is 7.11 Å². The Morgan fingerprint density at radius 2 is 2.22 bits per heavy atom. The highest BCUT2D eigenvalue weighted by Crippen LogP contribution is 2.23.